The van der Waals surface area contributed by atoms with Crippen LogP contribution in [0.3, 0.4) is 0 Å². The van der Waals surface area contributed by atoms with Crippen molar-refractivity contribution in [2.75, 3.05) is 0 Å². The number of phenols is 1. The van der Waals surface area contributed by atoms with Gasteiger partial charge in [0, 0.05) is 11.1 Å². The summed E-state index contributed by atoms with van der Waals surface area (Å²) >= 11 is 0. The van der Waals surface area contributed by atoms with Crippen LogP contribution in [-0.4, -0.2) is 10.1 Å². The second-order valence-corrected chi connectivity index (χ2v) is 3.99. The van der Waals surface area contributed by atoms with Gasteiger partial charge in [0.1, 0.15) is 5.75 Å². The molecule has 0 amide bonds. The van der Waals surface area contributed by atoms with Crippen molar-refractivity contribution in [2.24, 2.45) is 0 Å². The monoisotopic (exact) mass is 209 g/mol. The van der Waals surface area contributed by atoms with Gasteiger partial charge >= 0.3 is 0 Å². The Bertz CT molecular complexity index is 628. The third kappa shape index (κ3) is 1.31. The van der Waals surface area contributed by atoms with Crippen molar-refractivity contribution in [1.29, 1.82) is 0 Å². The summed E-state index contributed by atoms with van der Waals surface area (Å²) in [5, 5.41) is 12.7. The van der Waals surface area contributed by atoms with E-state index in [-0.39, 0.29) is 0 Å². The van der Waals surface area contributed by atoms with E-state index in [2.05, 4.69) is 11.1 Å². The molecular weight excluding hydrogens is 198 g/mol. The van der Waals surface area contributed by atoms with Gasteiger partial charge < -0.3 is 5.11 Å². The first kappa shape index (κ1) is 9.16. The Morgan fingerprint density at radius 3 is 2.62 bits per heavy atom. The van der Waals surface area contributed by atoms with Crippen molar-refractivity contribution in [2.45, 2.75) is 6.92 Å². The van der Waals surface area contributed by atoms with Crippen LogP contribution in [0.5, 0.6) is 5.75 Å². The number of fused-ring (bicyclic) bond motifs is 3. The molecule has 0 saturated heterocycles. The number of phenolic OH excluding ortho intramolecular Hbond substituents is 1. The normalized spacial score (nSPS) is 11.1. The third-order valence-electron chi connectivity index (χ3n) is 2.81. The summed E-state index contributed by atoms with van der Waals surface area (Å²) in [6.45, 7) is 1.99. The second kappa shape index (κ2) is 3.20. The SMILES string of the molecule is Cc1ccc2c(ccc3cc(O)ccc32)n1. The number of nitrogens with zero attached hydrogens (tertiary/aromatic N) is 1. The van der Waals surface area contributed by atoms with Gasteiger partial charge in [-0.2, -0.15) is 0 Å². The fourth-order valence-electron chi connectivity index (χ4n) is 2.03. The zero-order chi connectivity index (χ0) is 11.1. The Balaban J connectivity index is 2.50. The largest absolute Gasteiger partial charge is 0.508 e. The van der Waals surface area contributed by atoms with Crippen molar-refractivity contribution < 1.29 is 5.11 Å². The molecule has 1 heterocycles. The van der Waals surface area contributed by atoms with Gasteiger partial charge in [-0.15, -0.1) is 0 Å². The van der Waals surface area contributed by atoms with E-state index in [1.807, 2.05) is 31.2 Å². The maximum absolute atomic E-state index is 9.43. The van der Waals surface area contributed by atoms with Crippen LogP contribution in [0, 0.1) is 6.92 Å². The summed E-state index contributed by atoms with van der Waals surface area (Å²) in [5.74, 6) is 0.298. The maximum Gasteiger partial charge on any atom is 0.116 e. The molecule has 0 saturated carbocycles. The Hall–Kier alpha value is -2.09. The van der Waals surface area contributed by atoms with E-state index in [0.29, 0.717) is 5.75 Å². The summed E-state index contributed by atoms with van der Waals surface area (Å²) in [6, 6.07) is 13.5. The Morgan fingerprint density at radius 1 is 0.938 bits per heavy atom. The summed E-state index contributed by atoms with van der Waals surface area (Å²) < 4.78 is 0. The first-order chi connectivity index (χ1) is 7.74. The van der Waals surface area contributed by atoms with Crippen LogP contribution in [0.1, 0.15) is 5.69 Å². The summed E-state index contributed by atoms with van der Waals surface area (Å²) in [6.07, 6.45) is 0. The van der Waals surface area contributed by atoms with Gasteiger partial charge in [0.2, 0.25) is 0 Å². The van der Waals surface area contributed by atoms with Crippen molar-refractivity contribution in [3.8, 4) is 5.75 Å². The first-order valence-electron chi connectivity index (χ1n) is 5.23. The molecule has 2 aromatic carbocycles. The Labute approximate surface area is 93.2 Å². The van der Waals surface area contributed by atoms with Crippen molar-refractivity contribution in [1.82, 2.24) is 4.98 Å². The highest BCUT2D eigenvalue weighted by molar-refractivity contribution is 6.06. The van der Waals surface area contributed by atoms with Crippen LogP contribution in [0.2, 0.25) is 0 Å². The summed E-state index contributed by atoms with van der Waals surface area (Å²) in [7, 11) is 0. The summed E-state index contributed by atoms with van der Waals surface area (Å²) in [5.41, 5.74) is 2.02. The predicted octanol–water partition coefficient (Wildman–Crippen LogP) is 3.40. The lowest BCUT2D eigenvalue weighted by Crippen LogP contribution is -1.84. The number of benzene rings is 2. The smallest absolute Gasteiger partial charge is 0.116 e. The zero-order valence-corrected chi connectivity index (χ0v) is 8.94. The lowest BCUT2D eigenvalue weighted by molar-refractivity contribution is 0.476. The fraction of sp³-hybridized carbons (Fsp3) is 0.0714. The first-order valence-corrected chi connectivity index (χ1v) is 5.23. The molecule has 2 nitrogen and oxygen atoms in total. The number of rotatable bonds is 0. The van der Waals surface area contributed by atoms with Gasteiger partial charge in [0.25, 0.3) is 0 Å². The topological polar surface area (TPSA) is 33.1 Å². The number of hydrogen-bond acceptors (Lipinski definition) is 2. The van der Waals surface area contributed by atoms with E-state index in [0.717, 1.165) is 27.4 Å². The molecule has 0 atom stereocenters. The molecule has 16 heavy (non-hydrogen) atoms. The van der Waals surface area contributed by atoms with E-state index in [1.54, 1.807) is 12.1 Å². The van der Waals surface area contributed by atoms with Crippen LogP contribution in [0.25, 0.3) is 21.7 Å². The number of aryl methyl sites for hydroxylation is 1. The summed E-state index contributed by atoms with van der Waals surface area (Å²) in [4.78, 5) is 4.49. The van der Waals surface area contributed by atoms with Crippen molar-refractivity contribution >= 4 is 21.7 Å². The van der Waals surface area contributed by atoms with Crippen molar-refractivity contribution in [3.05, 3.63) is 48.2 Å². The molecule has 1 N–H and O–H groups in total. The van der Waals surface area contributed by atoms with Crippen LogP contribution < -0.4 is 0 Å². The van der Waals surface area contributed by atoms with Gasteiger partial charge in [-0.1, -0.05) is 18.2 Å². The van der Waals surface area contributed by atoms with Crippen molar-refractivity contribution in [3.63, 3.8) is 0 Å². The molecule has 78 valence electrons. The van der Waals surface area contributed by atoms with E-state index in [4.69, 9.17) is 0 Å². The molecule has 2 heteroatoms. The van der Waals surface area contributed by atoms with E-state index >= 15 is 0 Å². The molecule has 3 rings (SSSR count). The average Bonchev–Trinajstić information content (AvgIpc) is 2.28. The Morgan fingerprint density at radius 2 is 1.75 bits per heavy atom. The zero-order valence-electron chi connectivity index (χ0n) is 8.94. The molecule has 0 aliphatic heterocycles. The van der Waals surface area contributed by atoms with Gasteiger partial charge in [0.15, 0.2) is 0 Å². The average molecular weight is 209 g/mol. The number of aromatic hydroxyl groups is 1. The molecular formula is C14H11NO. The van der Waals surface area contributed by atoms with Crippen LogP contribution in [0.4, 0.5) is 0 Å². The highest BCUT2D eigenvalue weighted by Crippen LogP contribution is 2.27. The van der Waals surface area contributed by atoms with Crippen LogP contribution in [-0.2, 0) is 0 Å². The lowest BCUT2D eigenvalue weighted by atomic mass is 10.0. The standard InChI is InChI=1S/C14H11NO/c1-9-2-5-13-12-6-4-11(16)8-10(12)3-7-14(13)15-9/h2-8,16H,1H3. The lowest BCUT2D eigenvalue weighted by Gasteiger charge is -2.04. The molecule has 0 bridgehead atoms. The Kier molecular flexibility index (Phi) is 1.83. The van der Waals surface area contributed by atoms with Crippen LogP contribution >= 0.6 is 0 Å². The molecule has 0 radical (unpaired) electrons. The molecule has 0 spiro atoms. The van der Waals surface area contributed by atoms with Gasteiger partial charge in [-0.3, -0.25) is 4.98 Å². The van der Waals surface area contributed by atoms with Gasteiger partial charge in [-0.05, 0) is 42.0 Å². The maximum atomic E-state index is 9.43. The molecule has 1 aromatic heterocycles. The predicted molar refractivity (Wildman–Crippen MR) is 65.7 cm³/mol. The number of hydrogen-bond donors (Lipinski definition) is 1. The van der Waals surface area contributed by atoms with Gasteiger partial charge in [0.05, 0.1) is 5.52 Å². The molecule has 0 aliphatic rings. The van der Waals surface area contributed by atoms with E-state index in [1.165, 1.54) is 0 Å². The van der Waals surface area contributed by atoms with Gasteiger partial charge in [-0.25, -0.2) is 0 Å². The highest BCUT2D eigenvalue weighted by atomic mass is 16.3. The quantitative estimate of drug-likeness (QED) is 0.575. The third-order valence-corrected chi connectivity index (χ3v) is 2.81. The van der Waals surface area contributed by atoms with Crippen LogP contribution in [0.15, 0.2) is 42.5 Å². The van der Waals surface area contributed by atoms with E-state index in [9.17, 15) is 5.11 Å². The number of pyridine rings is 1. The van der Waals surface area contributed by atoms with E-state index < -0.39 is 0 Å². The fourth-order valence-corrected chi connectivity index (χ4v) is 2.03. The minimum Gasteiger partial charge on any atom is -0.508 e. The minimum absolute atomic E-state index is 0.298. The molecule has 0 fully saturated rings. The second-order valence-electron chi connectivity index (χ2n) is 3.99. The molecule has 0 aliphatic carbocycles. The molecule has 0 unspecified atom stereocenters. The number of aromatic nitrogens is 1. The minimum atomic E-state index is 0.298. The highest BCUT2D eigenvalue weighted by Gasteiger charge is 2.02. The molecule has 3 aromatic rings.